The number of fused-ring (bicyclic) bond motifs is 1. The highest BCUT2D eigenvalue weighted by atomic mass is 32.2. The van der Waals surface area contributed by atoms with E-state index in [0.717, 1.165) is 59.6 Å². The van der Waals surface area contributed by atoms with Crippen LogP contribution in [0.3, 0.4) is 0 Å². The number of alkyl halides is 3. The molecule has 3 aromatic heterocycles. The van der Waals surface area contributed by atoms with E-state index in [0.29, 0.717) is 30.1 Å². The van der Waals surface area contributed by atoms with Gasteiger partial charge in [-0.05, 0) is 81.5 Å². The Morgan fingerprint density at radius 2 is 1.80 bits per heavy atom. The molecule has 0 atom stereocenters. The molecular weight excluding hydrogens is 603 g/mol. The Morgan fingerprint density at radius 3 is 2.42 bits per heavy atom. The number of aromatic nitrogens is 3. The Bertz CT molecular complexity index is 1670. The summed E-state index contributed by atoms with van der Waals surface area (Å²) in [4.78, 5) is 21.6. The number of nitrogens with zero attached hydrogens (tertiary/aromatic N) is 5. The van der Waals surface area contributed by atoms with E-state index < -0.39 is 23.4 Å². The fourth-order valence-electron chi connectivity index (χ4n) is 4.99. The van der Waals surface area contributed by atoms with Crippen molar-refractivity contribution in [2.75, 3.05) is 25.0 Å². The topological polar surface area (TPSA) is 108 Å². The summed E-state index contributed by atoms with van der Waals surface area (Å²) in [5, 5.41) is 16.5. The highest BCUT2D eigenvalue weighted by Gasteiger charge is 2.31. The number of nitriles is 1. The first-order valence-electron chi connectivity index (χ1n) is 14.6. The van der Waals surface area contributed by atoms with E-state index in [1.165, 1.54) is 6.07 Å². The number of hydrogen-bond acceptors (Lipinski definition) is 8. The number of amides is 1. The zero-order chi connectivity index (χ0) is 32.2. The van der Waals surface area contributed by atoms with Crippen molar-refractivity contribution in [3.63, 3.8) is 0 Å². The van der Waals surface area contributed by atoms with E-state index in [-0.39, 0.29) is 6.04 Å². The van der Waals surface area contributed by atoms with Gasteiger partial charge in [-0.1, -0.05) is 12.1 Å². The highest BCUT2D eigenvalue weighted by Crippen LogP contribution is 2.32. The summed E-state index contributed by atoms with van der Waals surface area (Å²) >= 11 is 1.67. The van der Waals surface area contributed by atoms with Crippen LogP contribution in [0.2, 0.25) is 0 Å². The Kier molecular flexibility index (Phi) is 9.55. The summed E-state index contributed by atoms with van der Waals surface area (Å²) in [5.74, 6) is 0.450. The Labute approximate surface area is 263 Å². The van der Waals surface area contributed by atoms with Crippen molar-refractivity contribution in [2.45, 2.75) is 62.9 Å². The summed E-state index contributed by atoms with van der Waals surface area (Å²) < 4.78 is 47.8. The highest BCUT2D eigenvalue weighted by molar-refractivity contribution is 7.97. The molecule has 1 aliphatic heterocycles. The average Bonchev–Trinajstić information content (AvgIpc) is 3.34. The predicted octanol–water partition coefficient (Wildman–Crippen LogP) is 7.10. The quantitative estimate of drug-likeness (QED) is 0.197. The molecule has 0 radical (unpaired) electrons. The molecule has 2 N–H and O–H groups in total. The minimum absolute atomic E-state index is 0.144. The van der Waals surface area contributed by atoms with Crippen LogP contribution in [0.4, 0.5) is 23.8 Å². The van der Waals surface area contributed by atoms with Gasteiger partial charge in [-0.3, -0.25) is 0 Å². The zero-order valence-electron chi connectivity index (χ0n) is 25.2. The minimum Gasteiger partial charge on any atom is -0.444 e. The molecule has 0 saturated carbocycles. The van der Waals surface area contributed by atoms with Crippen LogP contribution in [0.5, 0.6) is 0 Å². The van der Waals surface area contributed by atoms with Gasteiger partial charge in [-0.2, -0.15) is 18.4 Å². The third-order valence-electron chi connectivity index (χ3n) is 7.17. The van der Waals surface area contributed by atoms with Crippen molar-refractivity contribution in [3.8, 4) is 17.2 Å². The van der Waals surface area contributed by atoms with Crippen molar-refractivity contribution < 1.29 is 22.7 Å². The lowest BCUT2D eigenvalue weighted by Crippen LogP contribution is -2.35. The van der Waals surface area contributed by atoms with Gasteiger partial charge < -0.3 is 19.9 Å². The molecule has 0 bridgehead atoms. The summed E-state index contributed by atoms with van der Waals surface area (Å²) in [7, 11) is 0. The van der Waals surface area contributed by atoms with Gasteiger partial charge in [-0.25, -0.2) is 19.1 Å². The largest absolute Gasteiger partial charge is 0.444 e. The first kappa shape index (κ1) is 32.1. The van der Waals surface area contributed by atoms with Crippen LogP contribution in [-0.2, 0) is 17.5 Å². The van der Waals surface area contributed by atoms with Gasteiger partial charge in [-0.15, -0.1) is 0 Å². The molecule has 1 aromatic carbocycles. The SMILES string of the molecule is CC(C)(C)OC(=O)NCCn1cc(C#N)c2cc(-c3ccc(SN4CCC(Nc5ccc(C(F)(F)F)cn5)CC4)cc3)cnc21. The number of halogens is 3. The van der Waals surface area contributed by atoms with Crippen molar-refractivity contribution in [3.05, 3.63) is 72.2 Å². The van der Waals surface area contributed by atoms with Gasteiger partial charge in [0.1, 0.15) is 23.1 Å². The van der Waals surface area contributed by atoms with Gasteiger partial charge in [0.15, 0.2) is 0 Å². The number of hydrogen-bond donors (Lipinski definition) is 2. The second-order valence-corrected chi connectivity index (χ2v) is 12.9. The number of rotatable bonds is 8. The number of carbonyl (C=O) groups excluding carboxylic acids is 1. The smallest absolute Gasteiger partial charge is 0.417 e. The van der Waals surface area contributed by atoms with Gasteiger partial charge in [0.2, 0.25) is 0 Å². The first-order chi connectivity index (χ1) is 21.4. The normalized spacial score (nSPS) is 14.7. The standard InChI is InChI=1S/C32H34F3N7O2S/c1-31(2,3)44-30(43)37-12-15-41-20-23(17-36)27-16-22(18-39-29(27)41)21-4-7-26(8-5-21)45-42-13-10-25(11-14-42)40-28-9-6-24(19-38-28)32(33,34)35/h4-9,16,18-20,25H,10-15H2,1-3H3,(H,37,43)(H,38,40). The van der Waals surface area contributed by atoms with Crippen molar-refractivity contribution >= 4 is 34.9 Å². The van der Waals surface area contributed by atoms with E-state index in [1.807, 2.05) is 22.8 Å². The van der Waals surface area contributed by atoms with Crippen molar-refractivity contribution in [2.24, 2.45) is 0 Å². The molecule has 45 heavy (non-hydrogen) atoms. The molecule has 1 saturated heterocycles. The van der Waals surface area contributed by atoms with Crippen LogP contribution < -0.4 is 10.6 Å². The van der Waals surface area contributed by atoms with E-state index in [2.05, 4.69) is 43.1 Å². The molecule has 236 valence electrons. The Hall–Kier alpha value is -4.28. The lowest BCUT2D eigenvalue weighted by Gasteiger charge is -2.31. The van der Waals surface area contributed by atoms with E-state index in [1.54, 1.807) is 45.1 Å². The molecule has 1 aliphatic rings. The van der Waals surface area contributed by atoms with E-state index in [4.69, 9.17) is 4.74 Å². The predicted molar refractivity (Wildman–Crippen MR) is 167 cm³/mol. The van der Waals surface area contributed by atoms with Gasteiger partial charge >= 0.3 is 12.3 Å². The number of pyridine rings is 2. The molecule has 4 heterocycles. The molecule has 5 rings (SSSR count). The number of benzene rings is 1. The second-order valence-electron chi connectivity index (χ2n) is 11.8. The third-order valence-corrected chi connectivity index (χ3v) is 8.28. The molecule has 0 unspecified atom stereocenters. The van der Waals surface area contributed by atoms with Gasteiger partial charge in [0.05, 0.1) is 11.1 Å². The van der Waals surface area contributed by atoms with Crippen LogP contribution in [0.25, 0.3) is 22.2 Å². The zero-order valence-corrected chi connectivity index (χ0v) is 26.0. The summed E-state index contributed by atoms with van der Waals surface area (Å²) in [5.41, 5.74) is 1.71. The van der Waals surface area contributed by atoms with Gasteiger partial charge in [0.25, 0.3) is 0 Å². The monoisotopic (exact) mass is 637 g/mol. The van der Waals surface area contributed by atoms with Crippen LogP contribution in [0.15, 0.2) is 66.0 Å². The number of alkyl carbamates (subject to hydrolysis) is 1. The number of carbonyl (C=O) groups is 1. The summed E-state index contributed by atoms with van der Waals surface area (Å²) in [6, 6.07) is 15.0. The van der Waals surface area contributed by atoms with Crippen molar-refractivity contribution in [1.29, 1.82) is 5.26 Å². The summed E-state index contributed by atoms with van der Waals surface area (Å²) in [6.45, 7) is 7.83. The van der Waals surface area contributed by atoms with E-state index >= 15 is 0 Å². The second kappa shape index (κ2) is 13.4. The third kappa shape index (κ3) is 8.46. The van der Waals surface area contributed by atoms with Crippen LogP contribution in [-0.4, -0.2) is 56.2 Å². The molecule has 1 fully saturated rings. The molecular formula is C32H34F3N7O2S. The van der Waals surface area contributed by atoms with E-state index in [9.17, 15) is 23.2 Å². The van der Waals surface area contributed by atoms with Gasteiger partial charge in [0, 0.05) is 66.7 Å². The maximum absolute atomic E-state index is 12.8. The molecule has 4 aromatic rings. The van der Waals surface area contributed by atoms with Crippen molar-refractivity contribution in [1.82, 2.24) is 24.2 Å². The molecule has 1 amide bonds. The Morgan fingerprint density at radius 1 is 1.07 bits per heavy atom. The molecule has 13 heteroatoms. The minimum atomic E-state index is -4.39. The first-order valence-corrected chi connectivity index (χ1v) is 15.3. The Balaban J connectivity index is 1.15. The number of nitrogens with one attached hydrogen (secondary N) is 2. The van der Waals surface area contributed by atoms with Crippen LogP contribution >= 0.6 is 11.9 Å². The van der Waals surface area contributed by atoms with Crippen LogP contribution in [0, 0.1) is 11.3 Å². The lowest BCUT2D eigenvalue weighted by molar-refractivity contribution is -0.137. The number of piperidine rings is 1. The number of anilines is 1. The van der Waals surface area contributed by atoms with Crippen LogP contribution in [0.1, 0.15) is 44.7 Å². The number of ether oxygens (including phenoxy) is 1. The maximum atomic E-state index is 12.8. The molecule has 9 nitrogen and oxygen atoms in total. The molecule has 0 spiro atoms. The fourth-order valence-corrected chi connectivity index (χ4v) is 5.94. The maximum Gasteiger partial charge on any atom is 0.417 e. The molecule has 0 aliphatic carbocycles. The summed E-state index contributed by atoms with van der Waals surface area (Å²) in [6.07, 6.45) is 1.19. The average molecular weight is 638 g/mol. The lowest BCUT2D eigenvalue weighted by atomic mass is 10.1. The fraction of sp³-hybridized carbons (Fsp3) is 0.375.